The van der Waals surface area contributed by atoms with E-state index in [1.54, 1.807) is 30.3 Å². The van der Waals surface area contributed by atoms with Gasteiger partial charge in [-0.3, -0.25) is 4.79 Å². The van der Waals surface area contributed by atoms with Crippen LogP contribution in [0.1, 0.15) is 5.56 Å². The van der Waals surface area contributed by atoms with Gasteiger partial charge in [0.25, 0.3) is 5.91 Å². The van der Waals surface area contributed by atoms with Crippen LogP contribution in [0.25, 0.3) is 0 Å². The summed E-state index contributed by atoms with van der Waals surface area (Å²) < 4.78 is 5.29. The largest absolute Gasteiger partial charge is 0.482 e. The van der Waals surface area contributed by atoms with Crippen molar-refractivity contribution in [3.05, 3.63) is 52.1 Å². The lowest BCUT2D eigenvalue weighted by atomic mass is 10.2. The fraction of sp³-hybridized carbons (Fsp3) is 0.0714. The van der Waals surface area contributed by atoms with Crippen molar-refractivity contribution in [2.75, 3.05) is 11.9 Å². The van der Waals surface area contributed by atoms with Gasteiger partial charge in [0.1, 0.15) is 23.2 Å². The molecule has 0 saturated carbocycles. The molecule has 1 heterocycles. The van der Waals surface area contributed by atoms with E-state index in [0.717, 1.165) is 0 Å². The van der Waals surface area contributed by atoms with Crippen LogP contribution in [0.4, 0.5) is 5.82 Å². The van der Waals surface area contributed by atoms with Gasteiger partial charge in [-0.25, -0.2) is 4.98 Å². The summed E-state index contributed by atoms with van der Waals surface area (Å²) in [6.07, 6.45) is 1.42. The third kappa shape index (κ3) is 4.09. The zero-order valence-corrected chi connectivity index (χ0v) is 12.1. The van der Waals surface area contributed by atoms with Gasteiger partial charge in [-0.2, -0.15) is 5.26 Å². The molecule has 0 aliphatic rings. The molecular formula is C14H9Cl2N3O2. The molecule has 1 aromatic heterocycles. The molecule has 1 aromatic carbocycles. The first kappa shape index (κ1) is 15.1. The summed E-state index contributed by atoms with van der Waals surface area (Å²) in [5.74, 6) is 0.206. The van der Waals surface area contributed by atoms with Crippen molar-refractivity contribution < 1.29 is 9.53 Å². The lowest BCUT2D eigenvalue weighted by Gasteiger charge is -2.08. The number of rotatable bonds is 4. The number of benzene rings is 1. The molecule has 2 aromatic rings. The molecule has 0 spiro atoms. The minimum Gasteiger partial charge on any atom is -0.482 e. The van der Waals surface area contributed by atoms with Crippen LogP contribution < -0.4 is 10.1 Å². The van der Waals surface area contributed by atoms with Crippen molar-refractivity contribution in [1.82, 2.24) is 4.98 Å². The zero-order chi connectivity index (χ0) is 15.2. The number of ether oxygens (including phenoxy) is 1. The van der Waals surface area contributed by atoms with Gasteiger partial charge in [-0.15, -0.1) is 0 Å². The van der Waals surface area contributed by atoms with Crippen LogP contribution in [0.15, 0.2) is 36.5 Å². The quantitative estimate of drug-likeness (QED) is 0.937. The third-order valence-corrected chi connectivity index (χ3v) is 2.98. The fourth-order valence-electron chi connectivity index (χ4n) is 1.51. The number of anilines is 1. The standard InChI is InChI=1S/C14H9Cl2N3O2/c15-9-4-5-13(18-7-9)19-14(20)8-21-12-3-1-2-11(16)10(12)6-17/h1-5,7H,8H2,(H,18,19,20). The minimum atomic E-state index is -0.409. The molecule has 0 aliphatic heterocycles. The molecule has 7 heteroatoms. The minimum absolute atomic E-state index is 0.191. The van der Waals surface area contributed by atoms with Gasteiger partial charge in [0.2, 0.25) is 0 Å². The van der Waals surface area contributed by atoms with E-state index in [1.165, 1.54) is 6.20 Å². The molecule has 0 saturated heterocycles. The molecule has 0 atom stereocenters. The van der Waals surface area contributed by atoms with E-state index in [-0.39, 0.29) is 22.9 Å². The Hall–Kier alpha value is -2.29. The number of carbonyl (C=O) groups excluding carboxylic acids is 1. The van der Waals surface area contributed by atoms with E-state index in [4.69, 9.17) is 33.2 Å². The molecular weight excluding hydrogens is 313 g/mol. The van der Waals surface area contributed by atoms with Gasteiger partial charge in [0.15, 0.2) is 6.61 Å². The van der Waals surface area contributed by atoms with E-state index in [1.807, 2.05) is 6.07 Å². The van der Waals surface area contributed by atoms with Gasteiger partial charge in [-0.05, 0) is 24.3 Å². The van der Waals surface area contributed by atoms with Crippen LogP contribution in [0.2, 0.25) is 10.0 Å². The highest BCUT2D eigenvalue weighted by atomic mass is 35.5. The molecule has 1 N–H and O–H groups in total. The number of pyridine rings is 1. The fourth-order valence-corrected chi connectivity index (χ4v) is 1.83. The number of aromatic nitrogens is 1. The van der Waals surface area contributed by atoms with E-state index in [2.05, 4.69) is 10.3 Å². The van der Waals surface area contributed by atoms with Gasteiger partial charge in [0.05, 0.1) is 10.0 Å². The van der Waals surface area contributed by atoms with Crippen LogP contribution in [0, 0.1) is 11.3 Å². The molecule has 0 bridgehead atoms. The summed E-state index contributed by atoms with van der Waals surface area (Å²) in [6, 6.07) is 9.88. The maximum Gasteiger partial charge on any atom is 0.263 e. The average Bonchev–Trinajstić information content (AvgIpc) is 2.47. The van der Waals surface area contributed by atoms with Crippen molar-refractivity contribution in [3.63, 3.8) is 0 Å². The van der Waals surface area contributed by atoms with Crippen molar-refractivity contribution in [1.29, 1.82) is 5.26 Å². The van der Waals surface area contributed by atoms with Crippen molar-refractivity contribution in [2.24, 2.45) is 0 Å². The lowest BCUT2D eigenvalue weighted by Crippen LogP contribution is -2.21. The summed E-state index contributed by atoms with van der Waals surface area (Å²) >= 11 is 11.6. The first-order chi connectivity index (χ1) is 10.1. The second kappa shape index (κ2) is 6.93. The number of nitrogens with zero attached hydrogens (tertiary/aromatic N) is 2. The van der Waals surface area contributed by atoms with Crippen LogP contribution in [-0.2, 0) is 4.79 Å². The van der Waals surface area contributed by atoms with Crippen LogP contribution in [-0.4, -0.2) is 17.5 Å². The molecule has 0 aliphatic carbocycles. The van der Waals surface area contributed by atoms with Crippen LogP contribution in [0.3, 0.4) is 0 Å². The van der Waals surface area contributed by atoms with E-state index >= 15 is 0 Å². The summed E-state index contributed by atoms with van der Waals surface area (Å²) in [6.45, 7) is -0.265. The molecule has 0 unspecified atom stereocenters. The average molecular weight is 322 g/mol. The molecule has 106 valence electrons. The Morgan fingerprint density at radius 1 is 1.33 bits per heavy atom. The number of amides is 1. The Bertz CT molecular complexity index is 696. The molecule has 2 rings (SSSR count). The van der Waals surface area contributed by atoms with Crippen LogP contribution >= 0.6 is 23.2 Å². The Kier molecular flexibility index (Phi) is 4.99. The summed E-state index contributed by atoms with van der Waals surface area (Å²) in [4.78, 5) is 15.7. The molecule has 21 heavy (non-hydrogen) atoms. The SMILES string of the molecule is N#Cc1c(Cl)cccc1OCC(=O)Nc1ccc(Cl)cn1. The first-order valence-electron chi connectivity index (χ1n) is 5.83. The number of nitriles is 1. The predicted molar refractivity (Wildman–Crippen MR) is 79.5 cm³/mol. The van der Waals surface area contributed by atoms with Crippen molar-refractivity contribution >= 4 is 34.9 Å². The summed E-state index contributed by atoms with van der Waals surface area (Å²) in [5.41, 5.74) is 0.191. The van der Waals surface area contributed by atoms with E-state index in [0.29, 0.717) is 10.8 Å². The van der Waals surface area contributed by atoms with Gasteiger partial charge >= 0.3 is 0 Å². The van der Waals surface area contributed by atoms with Crippen LogP contribution in [0.5, 0.6) is 5.75 Å². The Balaban J connectivity index is 1.97. The zero-order valence-electron chi connectivity index (χ0n) is 10.6. The first-order valence-corrected chi connectivity index (χ1v) is 6.58. The second-order valence-electron chi connectivity index (χ2n) is 3.92. The summed E-state index contributed by atoms with van der Waals surface area (Å²) in [5, 5.41) is 12.3. The lowest BCUT2D eigenvalue weighted by molar-refractivity contribution is -0.118. The normalized spacial score (nSPS) is 9.76. The van der Waals surface area contributed by atoms with E-state index in [9.17, 15) is 4.79 Å². The molecule has 1 amide bonds. The highest BCUT2D eigenvalue weighted by Crippen LogP contribution is 2.25. The van der Waals surface area contributed by atoms with Gasteiger partial charge in [0, 0.05) is 6.20 Å². The third-order valence-electron chi connectivity index (χ3n) is 2.44. The molecule has 0 fully saturated rings. The number of hydrogen-bond donors (Lipinski definition) is 1. The number of hydrogen-bond acceptors (Lipinski definition) is 4. The monoisotopic (exact) mass is 321 g/mol. The molecule has 5 nitrogen and oxygen atoms in total. The maximum absolute atomic E-state index is 11.7. The topological polar surface area (TPSA) is 75.0 Å². The van der Waals surface area contributed by atoms with Crippen molar-refractivity contribution in [3.8, 4) is 11.8 Å². The van der Waals surface area contributed by atoms with Gasteiger partial charge < -0.3 is 10.1 Å². The predicted octanol–water partition coefficient (Wildman–Crippen LogP) is 3.28. The van der Waals surface area contributed by atoms with Crippen molar-refractivity contribution in [2.45, 2.75) is 0 Å². The smallest absolute Gasteiger partial charge is 0.263 e. The Morgan fingerprint density at radius 3 is 2.81 bits per heavy atom. The van der Waals surface area contributed by atoms with Gasteiger partial charge in [-0.1, -0.05) is 29.3 Å². The highest BCUT2D eigenvalue weighted by Gasteiger charge is 2.10. The maximum atomic E-state index is 11.7. The number of nitrogens with one attached hydrogen (secondary N) is 1. The highest BCUT2D eigenvalue weighted by molar-refractivity contribution is 6.32. The Morgan fingerprint density at radius 2 is 2.14 bits per heavy atom. The van der Waals surface area contributed by atoms with E-state index < -0.39 is 5.91 Å². The Labute approximate surface area is 131 Å². The number of carbonyl (C=O) groups is 1. The summed E-state index contributed by atoms with van der Waals surface area (Å²) in [7, 11) is 0. The number of halogens is 2. The molecule has 0 radical (unpaired) electrons. The second-order valence-corrected chi connectivity index (χ2v) is 4.77.